The number of halogens is 1. The Bertz CT molecular complexity index is 583. The molecule has 1 aromatic heterocycles. The van der Waals surface area contributed by atoms with E-state index in [-0.39, 0.29) is 17.7 Å². The molecule has 0 radical (unpaired) electrons. The van der Waals surface area contributed by atoms with E-state index in [0.29, 0.717) is 0 Å². The van der Waals surface area contributed by atoms with Crippen molar-refractivity contribution >= 4 is 34.2 Å². The van der Waals surface area contributed by atoms with Gasteiger partial charge in [0.2, 0.25) is 5.91 Å². The minimum atomic E-state index is 0.0641. The van der Waals surface area contributed by atoms with Crippen LogP contribution in [0, 0.1) is 9.49 Å². The molecule has 19 heavy (non-hydrogen) atoms. The van der Waals surface area contributed by atoms with E-state index in [1.807, 2.05) is 42.5 Å². The highest BCUT2D eigenvalue weighted by Crippen LogP contribution is 2.47. The molecule has 2 atom stereocenters. The number of carbonyl (C=O) groups is 1. The smallest absolute Gasteiger partial charge is 0.228 e. The SMILES string of the molecule is O=C(Nc1ccc(I)cc1)C1CC1c1ccccn1. The summed E-state index contributed by atoms with van der Waals surface area (Å²) in [6.45, 7) is 0. The monoisotopic (exact) mass is 364 g/mol. The molecule has 1 N–H and O–H groups in total. The predicted molar refractivity (Wildman–Crippen MR) is 82.9 cm³/mol. The lowest BCUT2D eigenvalue weighted by Crippen LogP contribution is -2.14. The number of amides is 1. The lowest BCUT2D eigenvalue weighted by molar-refractivity contribution is -0.117. The third kappa shape index (κ3) is 2.94. The summed E-state index contributed by atoms with van der Waals surface area (Å²) < 4.78 is 1.16. The highest BCUT2D eigenvalue weighted by Gasteiger charge is 2.44. The van der Waals surface area contributed by atoms with Gasteiger partial charge in [-0.3, -0.25) is 9.78 Å². The molecular formula is C15H13IN2O. The van der Waals surface area contributed by atoms with Crippen molar-refractivity contribution in [3.05, 3.63) is 57.9 Å². The molecule has 1 saturated carbocycles. The molecule has 4 heteroatoms. The quantitative estimate of drug-likeness (QED) is 0.848. The number of nitrogens with one attached hydrogen (secondary N) is 1. The van der Waals surface area contributed by atoms with Crippen molar-refractivity contribution in [2.45, 2.75) is 12.3 Å². The minimum Gasteiger partial charge on any atom is -0.326 e. The Morgan fingerprint density at radius 3 is 2.68 bits per heavy atom. The van der Waals surface area contributed by atoms with Gasteiger partial charge in [0.1, 0.15) is 0 Å². The van der Waals surface area contributed by atoms with E-state index in [4.69, 9.17) is 0 Å². The number of hydrogen-bond donors (Lipinski definition) is 1. The number of rotatable bonds is 3. The standard InChI is InChI=1S/C15H13IN2O/c16-10-4-6-11(7-5-10)18-15(19)13-9-12(13)14-3-1-2-8-17-14/h1-8,12-13H,9H2,(H,18,19). The summed E-state index contributed by atoms with van der Waals surface area (Å²) in [6, 6.07) is 13.7. The largest absolute Gasteiger partial charge is 0.326 e. The summed E-state index contributed by atoms with van der Waals surface area (Å²) in [5.74, 6) is 0.441. The Kier molecular flexibility index (Phi) is 3.50. The fourth-order valence-electron chi connectivity index (χ4n) is 2.18. The third-order valence-corrected chi connectivity index (χ3v) is 4.03. The van der Waals surface area contributed by atoms with Gasteiger partial charge in [-0.25, -0.2) is 0 Å². The second-order valence-corrected chi connectivity index (χ2v) is 5.95. The molecule has 3 nitrogen and oxygen atoms in total. The van der Waals surface area contributed by atoms with Crippen molar-refractivity contribution in [1.29, 1.82) is 0 Å². The zero-order chi connectivity index (χ0) is 13.2. The number of anilines is 1. The normalized spacial score (nSPS) is 20.9. The fourth-order valence-corrected chi connectivity index (χ4v) is 2.53. The Hall–Kier alpha value is -1.43. The highest BCUT2D eigenvalue weighted by molar-refractivity contribution is 14.1. The Balaban J connectivity index is 1.63. The molecule has 0 bridgehead atoms. The number of carbonyl (C=O) groups excluding carboxylic acids is 1. The first-order chi connectivity index (χ1) is 9.24. The molecule has 96 valence electrons. The van der Waals surface area contributed by atoms with Crippen LogP contribution in [0.2, 0.25) is 0 Å². The van der Waals surface area contributed by atoms with E-state index in [9.17, 15) is 4.79 Å². The molecule has 1 aromatic carbocycles. The van der Waals surface area contributed by atoms with Crippen LogP contribution in [-0.2, 0) is 4.79 Å². The first-order valence-corrected chi connectivity index (χ1v) is 7.29. The van der Waals surface area contributed by atoms with Gasteiger partial charge in [-0.15, -0.1) is 0 Å². The average Bonchev–Trinajstić information content (AvgIpc) is 3.23. The third-order valence-electron chi connectivity index (χ3n) is 3.31. The zero-order valence-electron chi connectivity index (χ0n) is 10.2. The molecule has 2 unspecified atom stereocenters. The van der Waals surface area contributed by atoms with Crippen molar-refractivity contribution < 1.29 is 4.79 Å². The fraction of sp³-hybridized carbons (Fsp3) is 0.200. The van der Waals surface area contributed by atoms with E-state index in [1.54, 1.807) is 6.20 Å². The summed E-state index contributed by atoms with van der Waals surface area (Å²) in [6.07, 6.45) is 2.68. The Labute approximate surface area is 125 Å². The summed E-state index contributed by atoms with van der Waals surface area (Å²) >= 11 is 2.25. The predicted octanol–water partition coefficient (Wildman–Crippen LogP) is 3.43. The summed E-state index contributed by atoms with van der Waals surface area (Å²) in [5.41, 5.74) is 1.88. The van der Waals surface area contributed by atoms with E-state index in [0.717, 1.165) is 21.4 Å². The molecule has 0 spiro atoms. The van der Waals surface area contributed by atoms with Crippen molar-refractivity contribution in [2.24, 2.45) is 5.92 Å². The van der Waals surface area contributed by atoms with Crippen molar-refractivity contribution in [1.82, 2.24) is 4.98 Å². The number of hydrogen-bond acceptors (Lipinski definition) is 2. The van der Waals surface area contributed by atoms with Crippen molar-refractivity contribution in [3.8, 4) is 0 Å². The molecule has 1 fully saturated rings. The molecule has 0 aliphatic heterocycles. The van der Waals surface area contributed by atoms with Gasteiger partial charge in [-0.1, -0.05) is 6.07 Å². The van der Waals surface area contributed by atoms with Gasteiger partial charge in [0.15, 0.2) is 0 Å². The van der Waals surface area contributed by atoms with Crippen molar-refractivity contribution in [3.63, 3.8) is 0 Å². The van der Waals surface area contributed by atoms with Crippen LogP contribution in [0.15, 0.2) is 48.7 Å². The molecule has 1 aliphatic carbocycles. The zero-order valence-corrected chi connectivity index (χ0v) is 12.4. The Morgan fingerprint density at radius 2 is 2.00 bits per heavy atom. The number of aromatic nitrogens is 1. The molecular weight excluding hydrogens is 351 g/mol. The van der Waals surface area contributed by atoms with Crippen LogP contribution in [-0.4, -0.2) is 10.9 Å². The van der Waals surface area contributed by atoms with Crippen LogP contribution in [0.3, 0.4) is 0 Å². The lowest BCUT2D eigenvalue weighted by atomic mass is 10.2. The minimum absolute atomic E-state index is 0.0641. The summed E-state index contributed by atoms with van der Waals surface area (Å²) in [7, 11) is 0. The van der Waals surface area contributed by atoms with E-state index in [2.05, 4.69) is 32.9 Å². The van der Waals surface area contributed by atoms with Crippen LogP contribution in [0.5, 0.6) is 0 Å². The molecule has 3 rings (SSSR count). The first-order valence-electron chi connectivity index (χ1n) is 6.21. The lowest BCUT2D eigenvalue weighted by Gasteiger charge is -2.04. The van der Waals surface area contributed by atoms with Gasteiger partial charge >= 0.3 is 0 Å². The van der Waals surface area contributed by atoms with Crippen LogP contribution in [0.4, 0.5) is 5.69 Å². The van der Waals surface area contributed by atoms with E-state index < -0.39 is 0 Å². The van der Waals surface area contributed by atoms with Crippen LogP contribution in [0.1, 0.15) is 18.0 Å². The molecule has 1 amide bonds. The maximum atomic E-state index is 12.1. The number of benzene rings is 1. The summed E-state index contributed by atoms with van der Waals surface area (Å²) in [5, 5.41) is 2.96. The maximum absolute atomic E-state index is 12.1. The van der Waals surface area contributed by atoms with Gasteiger partial charge in [-0.05, 0) is 65.4 Å². The molecule has 1 heterocycles. The van der Waals surface area contributed by atoms with Gasteiger partial charge in [0, 0.05) is 33.0 Å². The summed E-state index contributed by atoms with van der Waals surface area (Å²) in [4.78, 5) is 16.4. The first kappa shape index (κ1) is 12.6. The average molecular weight is 364 g/mol. The molecule has 1 aliphatic rings. The molecule has 0 saturated heterocycles. The topological polar surface area (TPSA) is 42.0 Å². The highest BCUT2D eigenvalue weighted by atomic mass is 127. The van der Waals surface area contributed by atoms with E-state index in [1.165, 1.54) is 0 Å². The Morgan fingerprint density at radius 1 is 1.21 bits per heavy atom. The van der Waals surface area contributed by atoms with Crippen LogP contribution < -0.4 is 5.32 Å². The van der Waals surface area contributed by atoms with Crippen molar-refractivity contribution in [2.75, 3.05) is 5.32 Å². The van der Waals surface area contributed by atoms with Crippen LogP contribution in [0.25, 0.3) is 0 Å². The van der Waals surface area contributed by atoms with Gasteiger partial charge in [-0.2, -0.15) is 0 Å². The van der Waals surface area contributed by atoms with Gasteiger partial charge in [0.05, 0.1) is 0 Å². The van der Waals surface area contributed by atoms with Gasteiger partial charge in [0.25, 0.3) is 0 Å². The number of nitrogens with zero attached hydrogens (tertiary/aromatic N) is 1. The second kappa shape index (κ2) is 5.28. The second-order valence-electron chi connectivity index (χ2n) is 4.70. The maximum Gasteiger partial charge on any atom is 0.228 e. The van der Waals surface area contributed by atoms with Gasteiger partial charge < -0.3 is 5.32 Å². The van der Waals surface area contributed by atoms with E-state index >= 15 is 0 Å². The molecule has 2 aromatic rings. The number of pyridine rings is 1. The van der Waals surface area contributed by atoms with Crippen LogP contribution >= 0.6 is 22.6 Å².